The lowest BCUT2D eigenvalue weighted by molar-refractivity contribution is -0.143. The Morgan fingerprint density at radius 3 is 2.23 bits per heavy atom. The number of nitrogens with one attached hydrogen (secondary N) is 4. The van der Waals surface area contributed by atoms with E-state index in [4.69, 9.17) is 0 Å². The molecule has 0 aromatic rings. The van der Waals surface area contributed by atoms with E-state index in [-0.39, 0.29) is 31.0 Å². The van der Waals surface area contributed by atoms with Crippen LogP contribution in [-0.4, -0.2) is 91.1 Å². The van der Waals surface area contributed by atoms with Crippen LogP contribution >= 0.6 is 0 Å². The molecule has 2 unspecified atom stereocenters. The number of amides is 5. The minimum absolute atomic E-state index is 0.0240. The number of nitrogens with zero attached hydrogens (tertiary/aromatic N) is 1. The molecule has 244 valence electrons. The van der Waals surface area contributed by atoms with Crippen molar-refractivity contribution in [1.29, 1.82) is 0 Å². The number of Topliss-reactive ketones (excluding diaryl/α,β-unsaturated/α-hetero) is 1. The van der Waals surface area contributed by atoms with Gasteiger partial charge in [0, 0.05) is 18.8 Å². The SMILES string of the molecule is C=CCNC(=O)C(=O)C(CCC)NC(=O)C1CCCN1C(=O)[C@@H](NC(=O)NC1(CS(=O)(=O)CC)CCCCC1)C(C)(C)C. The Hall–Kier alpha value is -2.96. The van der Waals surface area contributed by atoms with Crippen LogP contribution in [0.25, 0.3) is 0 Å². The third kappa shape index (κ3) is 10.3. The summed E-state index contributed by atoms with van der Waals surface area (Å²) in [4.78, 5) is 67.1. The molecule has 43 heavy (non-hydrogen) atoms. The van der Waals surface area contributed by atoms with Crippen molar-refractivity contribution in [2.24, 2.45) is 5.41 Å². The van der Waals surface area contributed by atoms with Crippen molar-refractivity contribution in [3.8, 4) is 0 Å². The highest BCUT2D eigenvalue weighted by Gasteiger charge is 2.44. The number of hydrogen-bond donors (Lipinski definition) is 4. The number of hydrogen-bond acceptors (Lipinski definition) is 7. The van der Waals surface area contributed by atoms with Gasteiger partial charge < -0.3 is 26.2 Å². The molecular formula is C30H51N5O7S. The quantitative estimate of drug-likeness (QED) is 0.169. The van der Waals surface area contributed by atoms with Crippen molar-refractivity contribution < 1.29 is 32.4 Å². The molecule has 0 spiro atoms. The third-order valence-electron chi connectivity index (χ3n) is 8.19. The molecule has 0 radical (unpaired) electrons. The van der Waals surface area contributed by atoms with Crippen molar-refractivity contribution in [1.82, 2.24) is 26.2 Å². The van der Waals surface area contributed by atoms with Crippen LogP contribution in [0.1, 0.15) is 92.4 Å². The molecule has 1 heterocycles. The van der Waals surface area contributed by atoms with Crippen LogP contribution in [0.3, 0.4) is 0 Å². The lowest BCUT2D eigenvalue weighted by Crippen LogP contribution is -2.63. The summed E-state index contributed by atoms with van der Waals surface area (Å²) < 4.78 is 25.1. The fraction of sp³-hybridized carbons (Fsp3) is 0.767. The second-order valence-electron chi connectivity index (χ2n) is 12.8. The highest BCUT2D eigenvalue weighted by atomic mass is 32.2. The molecule has 12 nitrogen and oxygen atoms in total. The van der Waals surface area contributed by atoms with E-state index in [0.717, 1.165) is 19.3 Å². The van der Waals surface area contributed by atoms with Crippen molar-refractivity contribution in [2.75, 3.05) is 24.6 Å². The number of rotatable bonds is 14. The molecule has 1 saturated heterocycles. The number of carbonyl (C=O) groups is 5. The molecule has 4 N–H and O–H groups in total. The van der Waals surface area contributed by atoms with Gasteiger partial charge in [-0.2, -0.15) is 0 Å². The highest BCUT2D eigenvalue weighted by molar-refractivity contribution is 7.91. The maximum absolute atomic E-state index is 13.9. The Morgan fingerprint density at radius 2 is 1.67 bits per heavy atom. The molecule has 2 aliphatic rings. The topological polar surface area (TPSA) is 171 Å². The van der Waals surface area contributed by atoms with Gasteiger partial charge in [-0.3, -0.25) is 19.2 Å². The van der Waals surface area contributed by atoms with Crippen LogP contribution in [0.4, 0.5) is 4.79 Å². The van der Waals surface area contributed by atoms with E-state index < -0.39 is 68.5 Å². The molecule has 2 rings (SSSR count). The number of ketones is 1. The van der Waals surface area contributed by atoms with Gasteiger partial charge in [-0.15, -0.1) is 6.58 Å². The second-order valence-corrected chi connectivity index (χ2v) is 15.2. The molecule has 1 aliphatic carbocycles. The zero-order valence-corrected chi connectivity index (χ0v) is 27.2. The van der Waals surface area contributed by atoms with Gasteiger partial charge in [-0.1, -0.05) is 66.4 Å². The summed E-state index contributed by atoms with van der Waals surface area (Å²) in [6.07, 6.45) is 6.79. The Balaban J connectivity index is 2.21. The molecule has 0 bridgehead atoms. The van der Waals surface area contributed by atoms with Crippen LogP contribution in [0.2, 0.25) is 0 Å². The van der Waals surface area contributed by atoms with E-state index in [9.17, 15) is 32.4 Å². The van der Waals surface area contributed by atoms with Gasteiger partial charge in [-0.25, -0.2) is 13.2 Å². The first kappa shape index (κ1) is 36.2. The van der Waals surface area contributed by atoms with Crippen molar-refractivity contribution >= 4 is 39.4 Å². The monoisotopic (exact) mass is 625 g/mol. The average molecular weight is 626 g/mol. The van der Waals surface area contributed by atoms with E-state index >= 15 is 0 Å². The Labute approximate surface area is 256 Å². The molecule has 0 aromatic carbocycles. The Kier molecular flexibility index (Phi) is 13.2. The van der Waals surface area contributed by atoms with E-state index in [1.165, 1.54) is 11.0 Å². The van der Waals surface area contributed by atoms with Crippen molar-refractivity contribution in [3.63, 3.8) is 0 Å². The summed E-state index contributed by atoms with van der Waals surface area (Å²) >= 11 is 0. The summed E-state index contributed by atoms with van der Waals surface area (Å²) in [7, 11) is -3.37. The minimum atomic E-state index is -3.37. The molecule has 1 aliphatic heterocycles. The summed E-state index contributed by atoms with van der Waals surface area (Å²) in [5.41, 5.74) is -1.64. The van der Waals surface area contributed by atoms with Gasteiger partial charge in [0.05, 0.1) is 17.3 Å². The maximum Gasteiger partial charge on any atom is 0.315 e. The number of carbonyl (C=O) groups excluding carboxylic acids is 5. The zero-order valence-electron chi connectivity index (χ0n) is 26.4. The number of likely N-dealkylation sites (tertiary alicyclic amines) is 1. The Morgan fingerprint density at radius 1 is 1.02 bits per heavy atom. The van der Waals surface area contributed by atoms with Gasteiger partial charge in [-0.05, 0) is 37.5 Å². The molecule has 0 aromatic heterocycles. The average Bonchev–Trinajstić information content (AvgIpc) is 3.43. The Bertz CT molecular complexity index is 1140. The van der Waals surface area contributed by atoms with Gasteiger partial charge in [0.15, 0.2) is 9.84 Å². The second kappa shape index (κ2) is 15.7. The molecule has 1 saturated carbocycles. The van der Waals surface area contributed by atoms with E-state index in [0.29, 0.717) is 32.1 Å². The largest absolute Gasteiger partial charge is 0.346 e. The minimum Gasteiger partial charge on any atom is -0.346 e. The van der Waals surface area contributed by atoms with Gasteiger partial charge in [0.2, 0.25) is 17.6 Å². The lowest BCUT2D eigenvalue weighted by Gasteiger charge is -2.40. The van der Waals surface area contributed by atoms with Gasteiger partial charge in [0.1, 0.15) is 12.1 Å². The van der Waals surface area contributed by atoms with Crippen LogP contribution in [0.5, 0.6) is 0 Å². The van der Waals surface area contributed by atoms with E-state index in [2.05, 4.69) is 27.8 Å². The first-order chi connectivity index (χ1) is 20.1. The van der Waals surface area contributed by atoms with E-state index in [1.54, 1.807) is 27.7 Å². The lowest BCUT2D eigenvalue weighted by atomic mass is 9.83. The van der Waals surface area contributed by atoms with Gasteiger partial charge >= 0.3 is 6.03 Å². The van der Waals surface area contributed by atoms with Gasteiger partial charge in [0.25, 0.3) is 5.91 Å². The molecular weight excluding hydrogens is 574 g/mol. The number of sulfone groups is 1. The molecule has 13 heteroatoms. The smallest absolute Gasteiger partial charge is 0.315 e. The summed E-state index contributed by atoms with van der Waals surface area (Å²) in [5.74, 6) is -2.73. The molecule has 5 amide bonds. The van der Waals surface area contributed by atoms with Crippen molar-refractivity contribution in [2.45, 2.75) is 116 Å². The maximum atomic E-state index is 13.9. The van der Waals surface area contributed by atoms with Crippen LogP contribution in [0.15, 0.2) is 12.7 Å². The van der Waals surface area contributed by atoms with Crippen LogP contribution < -0.4 is 21.3 Å². The summed E-state index contributed by atoms with van der Waals surface area (Å²) in [6, 6.07) is -3.54. The summed E-state index contributed by atoms with van der Waals surface area (Å²) in [5, 5.41) is 10.8. The zero-order chi connectivity index (χ0) is 32.4. The fourth-order valence-electron chi connectivity index (χ4n) is 5.82. The van der Waals surface area contributed by atoms with Crippen LogP contribution in [-0.2, 0) is 29.0 Å². The number of urea groups is 1. The van der Waals surface area contributed by atoms with E-state index in [1.807, 2.05) is 6.92 Å². The predicted molar refractivity (Wildman–Crippen MR) is 165 cm³/mol. The first-order valence-corrected chi connectivity index (χ1v) is 17.2. The standard InChI is InChI=1S/C30H51N5O7S/c1-7-14-21(23(36)26(38)31-18-8-2)32-25(37)22-15-13-19-35(22)27(39)24(29(4,5)6)33-28(40)34-30(16-11-10-12-17-30)20-43(41,42)9-3/h8,21-22,24H,2,7,9-20H2,1,3-6H3,(H,31,38)(H,32,37)(H2,33,34,40)/t21?,22?,24-/m1/s1. The van der Waals surface area contributed by atoms with Crippen molar-refractivity contribution in [3.05, 3.63) is 12.7 Å². The summed E-state index contributed by atoms with van der Waals surface area (Å²) in [6.45, 7) is 12.7. The fourth-order valence-corrected chi connectivity index (χ4v) is 7.23. The highest BCUT2D eigenvalue weighted by Crippen LogP contribution is 2.31. The predicted octanol–water partition coefficient (Wildman–Crippen LogP) is 1.99. The first-order valence-electron chi connectivity index (χ1n) is 15.4. The van der Waals surface area contributed by atoms with Crippen LogP contribution in [0, 0.1) is 5.41 Å². The normalized spacial score (nSPS) is 19.9. The molecule has 3 atom stereocenters. The molecule has 2 fully saturated rings. The third-order valence-corrected chi connectivity index (χ3v) is 10.1.